The lowest BCUT2D eigenvalue weighted by Gasteiger charge is -2.40. The van der Waals surface area contributed by atoms with Gasteiger partial charge in [0, 0.05) is 19.3 Å². The van der Waals surface area contributed by atoms with Crippen molar-refractivity contribution < 1.29 is 23.8 Å². The van der Waals surface area contributed by atoms with Crippen LogP contribution in [0.25, 0.3) is 0 Å². The van der Waals surface area contributed by atoms with E-state index in [4.69, 9.17) is 26.2 Å². The Labute approximate surface area is 114 Å². The largest absolute Gasteiger partial charge is 0.479 e. The first-order chi connectivity index (χ1) is 9.04. The molecule has 19 heavy (non-hydrogen) atoms. The molecule has 3 N–H and O–H groups in total. The molecule has 2 atom stereocenters. The number of carboxylic acids is 1. The highest BCUT2D eigenvalue weighted by Gasteiger charge is 2.46. The fourth-order valence-corrected chi connectivity index (χ4v) is 2.27. The molecule has 0 spiro atoms. The average Bonchev–Trinajstić information content (AvgIpc) is 2.39. The predicted octanol–water partition coefficient (Wildman–Crippen LogP) is 0.309. The topological polar surface area (TPSA) is 79.8 Å². The number of carbonyl (C=O) groups is 1. The van der Waals surface area contributed by atoms with Gasteiger partial charge >= 0.3 is 5.97 Å². The molecule has 0 amide bonds. The molecule has 6 nitrogen and oxygen atoms in total. The minimum atomic E-state index is -1.46. The van der Waals surface area contributed by atoms with E-state index in [0.29, 0.717) is 19.7 Å². The Kier molecular flexibility index (Phi) is 4.28. The molecule has 2 rings (SSSR count). The van der Waals surface area contributed by atoms with E-state index in [1.807, 2.05) is 0 Å². The van der Waals surface area contributed by atoms with Gasteiger partial charge in [-0.25, -0.2) is 9.18 Å². The third-order valence-electron chi connectivity index (χ3n) is 2.78. The number of halogens is 2. The predicted molar refractivity (Wildman–Crippen MR) is 65.2 cm³/mol. The summed E-state index contributed by atoms with van der Waals surface area (Å²) in [6.45, 7) is 0.833. The van der Waals surface area contributed by atoms with Crippen LogP contribution in [0.15, 0.2) is 23.9 Å². The molecule has 1 fully saturated rings. The van der Waals surface area contributed by atoms with E-state index in [9.17, 15) is 9.18 Å². The van der Waals surface area contributed by atoms with Gasteiger partial charge in [-0.3, -0.25) is 0 Å². The fourth-order valence-electron chi connectivity index (χ4n) is 1.92. The Balaban J connectivity index is 2.20. The Hall–Kier alpha value is -1.31. The van der Waals surface area contributed by atoms with Crippen molar-refractivity contribution in [2.24, 2.45) is 0 Å². The van der Waals surface area contributed by atoms with Gasteiger partial charge in [0.25, 0.3) is 0 Å². The van der Waals surface area contributed by atoms with Crippen LogP contribution in [0.1, 0.15) is 0 Å². The number of allylic oxidation sites excluding steroid dienone is 2. The molecular weight excluding hydrogens is 279 g/mol. The van der Waals surface area contributed by atoms with Gasteiger partial charge in [-0.2, -0.15) is 0 Å². The van der Waals surface area contributed by atoms with Gasteiger partial charge in [0.05, 0.1) is 6.61 Å². The highest BCUT2D eigenvalue weighted by Crippen LogP contribution is 2.35. The van der Waals surface area contributed by atoms with E-state index in [2.05, 4.69) is 10.6 Å². The molecule has 0 aromatic rings. The van der Waals surface area contributed by atoms with Crippen molar-refractivity contribution in [3.8, 4) is 0 Å². The summed E-state index contributed by atoms with van der Waals surface area (Å²) in [7, 11) is 0. The summed E-state index contributed by atoms with van der Waals surface area (Å²) in [5.74, 6) is -2.20. The first-order valence-electron chi connectivity index (χ1n) is 5.74. The van der Waals surface area contributed by atoms with Crippen molar-refractivity contribution in [3.63, 3.8) is 0 Å². The highest BCUT2D eigenvalue weighted by molar-refractivity contribution is 6.26. The molecule has 2 heterocycles. The number of carboxylic acid groups (broad SMARTS) is 1. The number of rotatable bonds is 4. The first-order valence-corrected chi connectivity index (χ1v) is 6.12. The van der Waals surface area contributed by atoms with Crippen LogP contribution in [0, 0.1) is 0 Å². The number of nitrogens with one attached hydrogen (secondary N) is 2. The molecule has 2 aliphatic rings. The van der Waals surface area contributed by atoms with Gasteiger partial charge in [-0.15, -0.1) is 0 Å². The van der Waals surface area contributed by atoms with Crippen LogP contribution in [0.2, 0.25) is 0 Å². The fraction of sp³-hybridized carbons (Fsp3) is 0.545. The van der Waals surface area contributed by atoms with E-state index in [0.717, 1.165) is 6.08 Å². The molecule has 0 aromatic heterocycles. The molecule has 106 valence electrons. The third-order valence-corrected chi connectivity index (χ3v) is 3.31. The summed E-state index contributed by atoms with van der Waals surface area (Å²) in [5.41, 5.74) is 0. The standard InChI is InChI=1S/C11H14ClFN2O4/c12-11(8-5-14-3-4-18-8)10(19-6-9(16)17)7(13)1-2-15-11/h1-2,8,14-15H,3-6H2,(H,16,17). The second-order valence-electron chi connectivity index (χ2n) is 4.11. The maximum atomic E-state index is 13.8. The van der Waals surface area contributed by atoms with Crippen molar-refractivity contribution in [2.45, 2.75) is 11.1 Å². The smallest absolute Gasteiger partial charge is 0.341 e. The quantitative estimate of drug-likeness (QED) is 0.511. The third kappa shape index (κ3) is 2.99. The molecule has 0 aliphatic carbocycles. The monoisotopic (exact) mass is 292 g/mol. The number of hydrogen-bond donors (Lipinski definition) is 3. The lowest BCUT2D eigenvalue weighted by atomic mass is 10.0. The average molecular weight is 293 g/mol. The summed E-state index contributed by atoms with van der Waals surface area (Å²) in [6, 6.07) is 0. The Morgan fingerprint density at radius 2 is 2.53 bits per heavy atom. The molecule has 2 unspecified atom stereocenters. The van der Waals surface area contributed by atoms with Gasteiger partial charge in [0.2, 0.25) is 5.00 Å². The van der Waals surface area contributed by atoms with E-state index in [1.54, 1.807) is 0 Å². The van der Waals surface area contributed by atoms with Crippen LogP contribution in [-0.4, -0.2) is 48.5 Å². The second kappa shape index (κ2) is 5.77. The first kappa shape index (κ1) is 14.1. The van der Waals surface area contributed by atoms with E-state index >= 15 is 0 Å². The second-order valence-corrected chi connectivity index (χ2v) is 4.71. The van der Waals surface area contributed by atoms with Gasteiger partial charge in [-0.05, 0) is 6.08 Å². The number of alkyl halides is 1. The molecule has 0 bridgehead atoms. The summed E-state index contributed by atoms with van der Waals surface area (Å²) in [4.78, 5) is 9.08. The number of dihydropyridines is 1. The number of morpholine rings is 1. The summed E-state index contributed by atoms with van der Waals surface area (Å²) >= 11 is 6.36. The van der Waals surface area contributed by atoms with Crippen molar-refractivity contribution in [1.29, 1.82) is 0 Å². The maximum Gasteiger partial charge on any atom is 0.341 e. The van der Waals surface area contributed by atoms with E-state index < -0.39 is 29.5 Å². The van der Waals surface area contributed by atoms with Crippen LogP contribution < -0.4 is 10.6 Å². The van der Waals surface area contributed by atoms with Crippen molar-refractivity contribution in [2.75, 3.05) is 26.3 Å². The molecule has 8 heteroatoms. The van der Waals surface area contributed by atoms with Crippen LogP contribution in [0.5, 0.6) is 0 Å². The number of aliphatic carboxylic acids is 1. The molecule has 0 saturated carbocycles. The molecule has 0 aromatic carbocycles. The van der Waals surface area contributed by atoms with Crippen LogP contribution in [0.3, 0.4) is 0 Å². The Morgan fingerprint density at radius 3 is 3.16 bits per heavy atom. The summed E-state index contributed by atoms with van der Waals surface area (Å²) in [6.07, 6.45) is 1.88. The van der Waals surface area contributed by atoms with Gasteiger partial charge in [-0.1, -0.05) is 11.6 Å². The van der Waals surface area contributed by atoms with Crippen LogP contribution in [0.4, 0.5) is 4.39 Å². The summed E-state index contributed by atoms with van der Waals surface area (Å²) in [5, 5.41) is 14.5. The lowest BCUT2D eigenvalue weighted by Crippen LogP contribution is -2.58. The van der Waals surface area contributed by atoms with E-state index in [1.165, 1.54) is 6.20 Å². The van der Waals surface area contributed by atoms with Crippen LogP contribution in [-0.2, 0) is 14.3 Å². The van der Waals surface area contributed by atoms with Gasteiger partial charge in [0.1, 0.15) is 6.10 Å². The number of ether oxygens (including phenoxy) is 2. The minimum absolute atomic E-state index is 0.271. The molecular formula is C11H14ClFN2O4. The van der Waals surface area contributed by atoms with Gasteiger partial charge < -0.3 is 25.2 Å². The number of hydrogen-bond acceptors (Lipinski definition) is 5. The van der Waals surface area contributed by atoms with Crippen molar-refractivity contribution in [3.05, 3.63) is 23.9 Å². The van der Waals surface area contributed by atoms with E-state index in [-0.39, 0.29) is 5.76 Å². The summed E-state index contributed by atoms with van der Waals surface area (Å²) < 4.78 is 24.3. The van der Waals surface area contributed by atoms with Crippen molar-refractivity contribution >= 4 is 17.6 Å². The lowest BCUT2D eigenvalue weighted by molar-refractivity contribution is -0.141. The maximum absolute atomic E-state index is 13.8. The molecule has 0 radical (unpaired) electrons. The zero-order valence-electron chi connectivity index (χ0n) is 9.99. The zero-order chi connectivity index (χ0) is 13.9. The SMILES string of the molecule is O=C(O)COC1=C(F)C=CNC1(Cl)C1CNCCO1. The Bertz CT molecular complexity index is 423. The molecule has 1 saturated heterocycles. The highest BCUT2D eigenvalue weighted by atomic mass is 35.5. The minimum Gasteiger partial charge on any atom is -0.479 e. The van der Waals surface area contributed by atoms with Crippen molar-refractivity contribution in [1.82, 2.24) is 10.6 Å². The zero-order valence-corrected chi connectivity index (χ0v) is 10.7. The molecule has 2 aliphatic heterocycles. The van der Waals surface area contributed by atoms with Crippen LogP contribution >= 0.6 is 11.6 Å². The normalized spacial score (nSPS) is 30.9. The van der Waals surface area contributed by atoms with Gasteiger partial charge in [0.15, 0.2) is 18.2 Å². The Morgan fingerprint density at radius 1 is 1.74 bits per heavy atom.